The van der Waals surface area contributed by atoms with Crippen molar-refractivity contribution in [1.29, 1.82) is 0 Å². The number of benzene rings is 1. The summed E-state index contributed by atoms with van der Waals surface area (Å²) in [4.78, 5) is 9.07. The van der Waals surface area contributed by atoms with Gasteiger partial charge in [0, 0.05) is 50.7 Å². The lowest BCUT2D eigenvalue weighted by Crippen LogP contribution is -2.43. The molecule has 7 nitrogen and oxygen atoms in total. The average molecular weight is 406 g/mol. The molecule has 0 aliphatic carbocycles. The zero-order chi connectivity index (χ0) is 20.4. The van der Waals surface area contributed by atoms with Gasteiger partial charge in [-0.15, -0.1) is 0 Å². The van der Waals surface area contributed by atoms with Gasteiger partial charge >= 0.3 is 0 Å². The van der Waals surface area contributed by atoms with Crippen molar-refractivity contribution in [3.63, 3.8) is 0 Å². The van der Waals surface area contributed by atoms with Crippen LogP contribution in [0.3, 0.4) is 0 Å². The number of rotatable bonds is 10. The summed E-state index contributed by atoms with van der Waals surface area (Å²) in [6, 6.07) is 10.3. The van der Waals surface area contributed by atoms with Crippen molar-refractivity contribution in [2.45, 2.75) is 39.3 Å². The molecule has 2 rings (SSSR count). The summed E-state index contributed by atoms with van der Waals surface area (Å²) in [6.07, 6.45) is 6.34. The van der Waals surface area contributed by atoms with Crippen LogP contribution in [0.2, 0.25) is 0 Å². The highest BCUT2D eigenvalue weighted by molar-refractivity contribution is 7.90. The molecule has 1 unspecified atom stereocenters. The largest absolute Gasteiger partial charge is 0.357 e. The minimum Gasteiger partial charge on any atom is -0.357 e. The SMILES string of the molecule is CCNC(=NCCc1nccn1Cc1ccccc1)NC(C)CCS(C)(=O)=O. The molecule has 0 saturated heterocycles. The van der Waals surface area contributed by atoms with Crippen LogP contribution in [0.15, 0.2) is 47.7 Å². The third kappa shape index (κ3) is 8.12. The van der Waals surface area contributed by atoms with Gasteiger partial charge in [-0.1, -0.05) is 30.3 Å². The molecule has 1 atom stereocenters. The Kier molecular flexibility index (Phi) is 8.50. The monoisotopic (exact) mass is 405 g/mol. The molecule has 0 aliphatic rings. The quantitative estimate of drug-likeness (QED) is 0.465. The molecule has 0 aliphatic heterocycles. The highest BCUT2D eigenvalue weighted by Crippen LogP contribution is 2.06. The molecule has 0 radical (unpaired) electrons. The summed E-state index contributed by atoms with van der Waals surface area (Å²) in [7, 11) is -2.96. The third-order valence-corrected chi connectivity index (χ3v) is 5.23. The smallest absolute Gasteiger partial charge is 0.191 e. The Morgan fingerprint density at radius 3 is 2.71 bits per heavy atom. The van der Waals surface area contributed by atoms with Crippen LogP contribution in [0, 0.1) is 0 Å². The van der Waals surface area contributed by atoms with Crippen LogP contribution in [0.1, 0.15) is 31.7 Å². The van der Waals surface area contributed by atoms with Crippen molar-refractivity contribution in [1.82, 2.24) is 20.2 Å². The second-order valence-electron chi connectivity index (χ2n) is 6.93. The van der Waals surface area contributed by atoms with Crippen molar-refractivity contribution < 1.29 is 8.42 Å². The maximum atomic E-state index is 11.3. The van der Waals surface area contributed by atoms with Crippen LogP contribution in [0.5, 0.6) is 0 Å². The van der Waals surface area contributed by atoms with Crippen LogP contribution in [-0.2, 0) is 22.8 Å². The molecule has 1 heterocycles. The van der Waals surface area contributed by atoms with Gasteiger partial charge in [-0.2, -0.15) is 0 Å². The molecule has 1 aromatic carbocycles. The summed E-state index contributed by atoms with van der Waals surface area (Å²) in [5.41, 5.74) is 1.24. The van der Waals surface area contributed by atoms with E-state index in [-0.39, 0.29) is 11.8 Å². The van der Waals surface area contributed by atoms with Gasteiger partial charge in [0.05, 0.1) is 5.75 Å². The Morgan fingerprint density at radius 2 is 2.04 bits per heavy atom. The summed E-state index contributed by atoms with van der Waals surface area (Å²) in [5, 5.41) is 6.48. The predicted octanol–water partition coefficient (Wildman–Crippen LogP) is 1.85. The van der Waals surface area contributed by atoms with Crippen LogP contribution >= 0.6 is 0 Å². The van der Waals surface area contributed by atoms with Gasteiger partial charge in [-0.25, -0.2) is 13.4 Å². The van der Waals surface area contributed by atoms with E-state index in [0.29, 0.717) is 18.9 Å². The number of nitrogens with zero attached hydrogens (tertiary/aromatic N) is 3. The van der Waals surface area contributed by atoms with Crippen LogP contribution < -0.4 is 10.6 Å². The minimum atomic E-state index is -2.96. The first-order valence-electron chi connectivity index (χ1n) is 9.64. The first kappa shape index (κ1) is 21.9. The summed E-state index contributed by atoms with van der Waals surface area (Å²) < 4.78 is 24.8. The maximum Gasteiger partial charge on any atom is 0.191 e. The predicted molar refractivity (Wildman–Crippen MR) is 114 cm³/mol. The van der Waals surface area contributed by atoms with Gasteiger partial charge in [0.1, 0.15) is 15.7 Å². The van der Waals surface area contributed by atoms with Gasteiger partial charge < -0.3 is 15.2 Å². The Balaban J connectivity index is 1.90. The minimum absolute atomic E-state index is 0.0209. The zero-order valence-electron chi connectivity index (χ0n) is 16.9. The van der Waals surface area contributed by atoms with E-state index in [2.05, 4.69) is 37.3 Å². The molecule has 0 spiro atoms. The number of hydrogen-bond donors (Lipinski definition) is 2. The lowest BCUT2D eigenvalue weighted by atomic mass is 10.2. The van der Waals surface area contributed by atoms with Crippen LogP contribution in [-0.4, -0.2) is 55.1 Å². The molecular weight excluding hydrogens is 374 g/mol. The van der Waals surface area contributed by atoms with E-state index in [1.807, 2.05) is 44.4 Å². The number of nitrogens with one attached hydrogen (secondary N) is 2. The number of imidazole rings is 1. The molecule has 8 heteroatoms. The lowest BCUT2D eigenvalue weighted by Gasteiger charge is -2.17. The standard InChI is InChI=1S/C20H31N5O2S/c1-4-21-20(24-17(2)11-15-28(3,26)27)23-12-10-19-22-13-14-25(19)16-18-8-6-5-7-9-18/h5-9,13-14,17H,4,10-12,15-16H2,1-3H3,(H2,21,23,24). The molecule has 0 fully saturated rings. The molecule has 154 valence electrons. The maximum absolute atomic E-state index is 11.3. The third-order valence-electron chi connectivity index (χ3n) is 4.25. The molecule has 0 saturated carbocycles. The number of sulfone groups is 1. The summed E-state index contributed by atoms with van der Waals surface area (Å²) in [5.74, 6) is 1.86. The van der Waals surface area contributed by atoms with Crippen molar-refractivity contribution >= 4 is 15.8 Å². The van der Waals surface area contributed by atoms with E-state index in [0.717, 1.165) is 25.3 Å². The molecule has 0 amide bonds. The van der Waals surface area contributed by atoms with Crippen LogP contribution in [0.25, 0.3) is 0 Å². The van der Waals surface area contributed by atoms with E-state index in [9.17, 15) is 8.42 Å². The fraction of sp³-hybridized carbons (Fsp3) is 0.500. The first-order valence-corrected chi connectivity index (χ1v) is 11.7. The van der Waals surface area contributed by atoms with Gasteiger partial charge in [0.2, 0.25) is 0 Å². The molecule has 28 heavy (non-hydrogen) atoms. The number of guanidine groups is 1. The lowest BCUT2D eigenvalue weighted by molar-refractivity contribution is 0.581. The Labute approximate surface area is 168 Å². The molecule has 2 aromatic rings. The Morgan fingerprint density at radius 1 is 1.29 bits per heavy atom. The van der Waals surface area contributed by atoms with Gasteiger partial charge in [0.15, 0.2) is 5.96 Å². The number of aliphatic imine (C=N–C) groups is 1. The van der Waals surface area contributed by atoms with E-state index in [4.69, 9.17) is 0 Å². The first-order chi connectivity index (χ1) is 13.4. The zero-order valence-corrected chi connectivity index (χ0v) is 17.7. The second-order valence-corrected chi connectivity index (χ2v) is 9.19. The topological polar surface area (TPSA) is 88.4 Å². The summed E-state index contributed by atoms with van der Waals surface area (Å²) >= 11 is 0. The molecule has 1 aromatic heterocycles. The van der Waals surface area contributed by atoms with E-state index in [1.165, 1.54) is 11.8 Å². The number of hydrogen-bond acceptors (Lipinski definition) is 4. The van der Waals surface area contributed by atoms with Crippen molar-refractivity contribution in [3.8, 4) is 0 Å². The van der Waals surface area contributed by atoms with Crippen molar-refractivity contribution in [2.24, 2.45) is 4.99 Å². The highest BCUT2D eigenvalue weighted by atomic mass is 32.2. The highest BCUT2D eigenvalue weighted by Gasteiger charge is 2.10. The van der Waals surface area contributed by atoms with Crippen molar-refractivity contribution in [2.75, 3.05) is 25.1 Å². The number of aromatic nitrogens is 2. The Bertz CT molecular complexity index is 846. The van der Waals surface area contributed by atoms with Gasteiger partial charge in [-0.05, 0) is 25.8 Å². The molecule has 0 bridgehead atoms. The molecular formula is C20H31N5O2S. The van der Waals surface area contributed by atoms with Crippen molar-refractivity contribution in [3.05, 3.63) is 54.1 Å². The normalized spacial score (nSPS) is 13.3. The van der Waals surface area contributed by atoms with Gasteiger partial charge in [0.25, 0.3) is 0 Å². The van der Waals surface area contributed by atoms with Gasteiger partial charge in [-0.3, -0.25) is 4.99 Å². The average Bonchev–Trinajstić information content (AvgIpc) is 3.07. The van der Waals surface area contributed by atoms with E-state index >= 15 is 0 Å². The van der Waals surface area contributed by atoms with E-state index in [1.54, 1.807) is 0 Å². The Hall–Kier alpha value is -2.35. The second kappa shape index (κ2) is 10.8. The van der Waals surface area contributed by atoms with Crippen LogP contribution in [0.4, 0.5) is 0 Å². The van der Waals surface area contributed by atoms with E-state index < -0.39 is 9.84 Å². The summed E-state index contributed by atoms with van der Waals surface area (Å²) in [6.45, 7) is 6.10. The molecule has 2 N–H and O–H groups in total. The fourth-order valence-corrected chi connectivity index (χ4v) is 3.56. The fourth-order valence-electron chi connectivity index (χ4n) is 2.78.